The van der Waals surface area contributed by atoms with Crippen LogP contribution in [0.1, 0.15) is 17.9 Å². The number of allylic oxidation sites excluding steroid dienone is 3. The van der Waals surface area contributed by atoms with Gasteiger partial charge in [0, 0.05) is 6.42 Å². The second-order valence-electron chi connectivity index (χ2n) is 4.83. The van der Waals surface area contributed by atoms with Crippen molar-refractivity contribution in [2.45, 2.75) is 12.3 Å². The highest BCUT2D eigenvalue weighted by atomic mass is 32.2. The van der Waals surface area contributed by atoms with Gasteiger partial charge in [-0.25, -0.2) is 12.8 Å². The first-order chi connectivity index (χ1) is 9.94. The summed E-state index contributed by atoms with van der Waals surface area (Å²) >= 11 is 0. The van der Waals surface area contributed by atoms with Crippen molar-refractivity contribution in [2.24, 2.45) is 5.73 Å². The van der Waals surface area contributed by atoms with Gasteiger partial charge in [-0.2, -0.15) is 5.26 Å². The summed E-state index contributed by atoms with van der Waals surface area (Å²) in [7, 11) is -3.50. The van der Waals surface area contributed by atoms with E-state index in [1.165, 1.54) is 24.3 Å². The van der Waals surface area contributed by atoms with Gasteiger partial charge in [-0.1, -0.05) is 12.1 Å². The maximum absolute atomic E-state index is 13.1. The van der Waals surface area contributed by atoms with E-state index in [2.05, 4.69) is 0 Å². The third kappa shape index (κ3) is 2.08. The zero-order valence-electron chi connectivity index (χ0n) is 10.8. The van der Waals surface area contributed by atoms with Gasteiger partial charge in [-0.15, -0.1) is 0 Å². The topological polar surface area (TPSA) is 93.2 Å². The molecule has 0 fully saturated rings. The van der Waals surface area contributed by atoms with Crippen LogP contribution in [0.15, 0.2) is 46.4 Å². The first-order valence-corrected chi connectivity index (χ1v) is 7.88. The molecule has 0 aliphatic carbocycles. The Labute approximate surface area is 121 Å². The third-order valence-electron chi connectivity index (χ3n) is 3.58. The van der Waals surface area contributed by atoms with Crippen LogP contribution in [-0.2, 0) is 14.6 Å². The third-order valence-corrected chi connectivity index (χ3v) is 5.46. The van der Waals surface area contributed by atoms with Crippen LogP contribution in [0.3, 0.4) is 0 Å². The fourth-order valence-corrected chi connectivity index (χ4v) is 4.41. The molecule has 1 aromatic carbocycles. The average Bonchev–Trinajstić information content (AvgIpc) is 2.74. The van der Waals surface area contributed by atoms with E-state index in [0.29, 0.717) is 5.56 Å². The van der Waals surface area contributed by atoms with E-state index in [1.807, 2.05) is 6.07 Å². The maximum atomic E-state index is 13.1. The fraction of sp³-hybridized carbons (Fsp3) is 0.214. The average molecular weight is 306 g/mol. The molecule has 108 valence electrons. The molecule has 1 atom stereocenters. The van der Waals surface area contributed by atoms with E-state index in [-0.39, 0.29) is 34.3 Å². The van der Waals surface area contributed by atoms with Gasteiger partial charge in [-0.05, 0) is 17.7 Å². The summed E-state index contributed by atoms with van der Waals surface area (Å²) in [5.41, 5.74) is 6.25. The number of hydrogen-bond acceptors (Lipinski definition) is 5. The predicted molar refractivity (Wildman–Crippen MR) is 72.5 cm³/mol. The number of nitriles is 1. The van der Waals surface area contributed by atoms with Gasteiger partial charge in [0.25, 0.3) is 0 Å². The van der Waals surface area contributed by atoms with Gasteiger partial charge in [0.1, 0.15) is 23.2 Å². The van der Waals surface area contributed by atoms with E-state index >= 15 is 0 Å². The van der Waals surface area contributed by atoms with Crippen molar-refractivity contribution >= 4 is 9.84 Å². The van der Waals surface area contributed by atoms with Crippen LogP contribution in [-0.4, -0.2) is 14.2 Å². The first-order valence-electron chi connectivity index (χ1n) is 6.23. The smallest absolute Gasteiger partial charge is 0.205 e. The largest absolute Gasteiger partial charge is 0.444 e. The molecule has 1 aromatic rings. The first kappa shape index (κ1) is 13.6. The van der Waals surface area contributed by atoms with Gasteiger partial charge >= 0.3 is 0 Å². The molecule has 7 heteroatoms. The van der Waals surface area contributed by atoms with Crippen LogP contribution in [0.4, 0.5) is 4.39 Å². The highest BCUT2D eigenvalue weighted by Crippen LogP contribution is 2.45. The van der Waals surface area contributed by atoms with Crippen molar-refractivity contribution in [1.82, 2.24) is 0 Å². The second-order valence-corrected chi connectivity index (χ2v) is 6.91. The lowest BCUT2D eigenvalue weighted by molar-refractivity contribution is 0.276. The molecule has 2 heterocycles. The van der Waals surface area contributed by atoms with Gasteiger partial charge < -0.3 is 10.5 Å². The number of nitrogens with two attached hydrogens (primary N) is 1. The molecule has 0 amide bonds. The number of ether oxygens (including phenoxy) is 1. The Morgan fingerprint density at radius 3 is 2.62 bits per heavy atom. The molecule has 0 radical (unpaired) electrons. The summed E-state index contributed by atoms with van der Waals surface area (Å²) < 4.78 is 42.8. The number of hydrogen-bond donors (Lipinski definition) is 1. The van der Waals surface area contributed by atoms with Crippen molar-refractivity contribution in [1.29, 1.82) is 5.26 Å². The Morgan fingerprint density at radius 1 is 1.33 bits per heavy atom. The summed E-state index contributed by atoms with van der Waals surface area (Å²) in [6.45, 7) is 0. The number of nitrogens with zero attached hydrogens (tertiary/aromatic N) is 1. The summed E-state index contributed by atoms with van der Waals surface area (Å²) in [5.74, 6) is -1.15. The summed E-state index contributed by atoms with van der Waals surface area (Å²) in [4.78, 5) is 0.0693. The predicted octanol–water partition coefficient (Wildman–Crippen LogP) is 1.66. The lowest BCUT2D eigenvalue weighted by atomic mass is 9.89. The Kier molecular flexibility index (Phi) is 2.99. The summed E-state index contributed by atoms with van der Waals surface area (Å²) in [6.07, 6.45) is 0.231. The standard InChI is InChI=1S/C14H11FN2O3S/c15-9-3-1-8(2-4-9)12-10(7-16)14(17)20-11-5-6-21(18,19)13(11)12/h1-4,12H,5-6,17H2. The molecule has 1 unspecified atom stereocenters. The Balaban J connectivity index is 2.23. The number of rotatable bonds is 1. The zero-order valence-corrected chi connectivity index (χ0v) is 11.7. The van der Waals surface area contributed by atoms with E-state index < -0.39 is 21.6 Å². The maximum Gasteiger partial charge on any atom is 0.205 e. The van der Waals surface area contributed by atoms with E-state index in [4.69, 9.17) is 10.5 Å². The quantitative estimate of drug-likeness (QED) is 0.851. The zero-order chi connectivity index (χ0) is 15.2. The fourth-order valence-electron chi connectivity index (χ4n) is 2.63. The van der Waals surface area contributed by atoms with Crippen LogP contribution in [0.2, 0.25) is 0 Å². The molecule has 2 N–H and O–H groups in total. The Hall–Kier alpha value is -2.33. The second kappa shape index (κ2) is 4.60. The highest BCUT2D eigenvalue weighted by Gasteiger charge is 2.43. The van der Waals surface area contributed by atoms with Crippen LogP contribution >= 0.6 is 0 Å². The van der Waals surface area contributed by atoms with Crippen LogP contribution in [0.5, 0.6) is 0 Å². The van der Waals surface area contributed by atoms with Crippen LogP contribution in [0, 0.1) is 17.1 Å². The molecule has 0 saturated heterocycles. The summed E-state index contributed by atoms with van der Waals surface area (Å²) in [5, 5.41) is 9.28. The van der Waals surface area contributed by atoms with Gasteiger partial charge in [-0.3, -0.25) is 0 Å². The Bertz CT molecular complexity index is 817. The number of sulfone groups is 1. The molecule has 2 aliphatic rings. The molecule has 2 aliphatic heterocycles. The summed E-state index contributed by atoms with van der Waals surface area (Å²) in [6, 6.07) is 7.25. The van der Waals surface area contributed by atoms with Gasteiger partial charge in [0.15, 0.2) is 9.84 Å². The molecular weight excluding hydrogens is 295 g/mol. The minimum Gasteiger partial charge on any atom is -0.444 e. The van der Waals surface area contributed by atoms with Crippen LogP contribution < -0.4 is 5.73 Å². The van der Waals surface area contributed by atoms with Crippen molar-refractivity contribution in [3.05, 3.63) is 57.8 Å². The SMILES string of the molecule is N#CC1=C(N)OC2=C(C1c1ccc(F)cc1)S(=O)(=O)CC2. The molecule has 3 rings (SSSR count). The highest BCUT2D eigenvalue weighted by molar-refractivity contribution is 7.95. The van der Waals surface area contributed by atoms with E-state index in [0.717, 1.165) is 0 Å². The van der Waals surface area contributed by atoms with Crippen molar-refractivity contribution in [3.8, 4) is 6.07 Å². The van der Waals surface area contributed by atoms with Crippen LogP contribution in [0.25, 0.3) is 0 Å². The number of halogens is 1. The van der Waals surface area contributed by atoms with Crippen molar-refractivity contribution in [3.63, 3.8) is 0 Å². The minimum atomic E-state index is -3.50. The van der Waals surface area contributed by atoms with Crippen molar-refractivity contribution in [2.75, 3.05) is 5.75 Å². The minimum absolute atomic E-state index is 0.0332. The number of benzene rings is 1. The van der Waals surface area contributed by atoms with E-state index in [1.54, 1.807) is 0 Å². The monoisotopic (exact) mass is 306 g/mol. The lowest BCUT2D eigenvalue weighted by Gasteiger charge is -2.25. The van der Waals surface area contributed by atoms with E-state index in [9.17, 15) is 18.1 Å². The Morgan fingerprint density at radius 2 is 2.00 bits per heavy atom. The molecule has 0 spiro atoms. The van der Waals surface area contributed by atoms with Gasteiger partial charge in [0.05, 0.1) is 16.6 Å². The molecular formula is C14H11FN2O3S. The van der Waals surface area contributed by atoms with Gasteiger partial charge in [0.2, 0.25) is 5.88 Å². The molecule has 21 heavy (non-hydrogen) atoms. The molecule has 0 saturated carbocycles. The molecule has 0 bridgehead atoms. The van der Waals surface area contributed by atoms with Crippen molar-refractivity contribution < 1.29 is 17.5 Å². The normalized spacial score (nSPS) is 23.5. The molecule has 5 nitrogen and oxygen atoms in total. The molecule has 0 aromatic heterocycles. The lowest BCUT2D eigenvalue weighted by Crippen LogP contribution is -2.21.